The lowest BCUT2D eigenvalue weighted by Gasteiger charge is -2.12. The van der Waals surface area contributed by atoms with Gasteiger partial charge in [-0.1, -0.05) is 24.3 Å². The number of fused-ring (bicyclic) bond motifs is 4. The number of phenolic OH excluding ortho intramolecular Hbond substituents is 1. The van der Waals surface area contributed by atoms with E-state index >= 15 is 0 Å². The minimum Gasteiger partial charge on any atom is -0.507 e. The number of allylic oxidation sites excluding steroid dienone is 5. The first-order chi connectivity index (χ1) is 15.6. The maximum Gasteiger partial charge on any atom is 0.138 e. The number of nitrogens with zero attached hydrogens (tertiary/aromatic N) is 4. The number of aromatic nitrogens is 1. The van der Waals surface area contributed by atoms with E-state index in [-0.39, 0.29) is 16.9 Å². The van der Waals surface area contributed by atoms with E-state index in [1.54, 1.807) is 24.4 Å². The molecule has 3 aromatic rings. The Morgan fingerprint density at radius 2 is 1.69 bits per heavy atom. The first-order valence-corrected chi connectivity index (χ1v) is 9.58. The molecule has 0 spiro atoms. The molecule has 148 valence electrons. The monoisotopic (exact) mass is 414 g/mol. The molecule has 2 aliphatic rings. The normalized spacial score (nSPS) is 16.6. The number of aromatic hydroxyl groups is 1. The van der Waals surface area contributed by atoms with Crippen molar-refractivity contribution in [2.75, 3.05) is 0 Å². The van der Waals surface area contributed by atoms with E-state index in [0.29, 0.717) is 50.2 Å². The second kappa shape index (κ2) is 7.06. The number of hydrogen-bond acceptors (Lipinski definition) is 5. The van der Waals surface area contributed by atoms with E-state index < -0.39 is 5.82 Å². The molecular weight excluding hydrogens is 403 g/mol. The van der Waals surface area contributed by atoms with Crippen LogP contribution in [0.5, 0.6) is 5.75 Å². The van der Waals surface area contributed by atoms with Crippen LogP contribution in [0, 0.1) is 39.8 Å². The average molecular weight is 414 g/mol. The number of halogens is 1. The van der Waals surface area contributed by atoms with Gasteiger partial charge < -0.3 is 5.11 Å². The number of benzene rings is 2. The van der Waals surface area contributed by atoms with Crippen LogP contribution in [0.4, 0.5) is 4.39 Å². The number of phenols is 1. The maximum atomic E-state index is 14.2. The van der Waals surface area contributed by atoms with E-state index in [9.17, 15) is 25.3 Å². The molecule has 0 atom stereocenters. The number of pyridine rings is 1. The Kier molecular flexibility index (Phi) is 4.19. The third-order valence-electron chi connectivity index (χ3n) is 5.62. The highest BCUT2D eigenvalue weighted by Gasteiger charge is 2.37. The molecule has 0 unspecified atom stereocenters. The Labute approximate surface area is 182 Å². The number of hydrogen-bond donors (Lipinski definition) is 1. The van der Waals surface area contributed by atoms with Crippen molar-refractivity contribution in [3.63, 3.8) is 0 Å². The van der Waals surface area contributed by atoms with E-state index in [0.717, 1.165) is 0 Å². The molecule has 1 heterocycles. The summed E-state index contributed by atoms with van der Waals surface area (Å²) in [6, 6.07) is 18.6. The first-order valence-electron chi connectivity index (χ1n) is 9.58. The van der Waals surface area contributed by atoms with Gasteiger partial charge in [0, 0.05) is 40.1 Å². The van der Waals surface area contributed by atoms with E-state index in [4.69, 9.17) is 0 Å². The average Bonchev–Trinajstić information content (AvgIpc) is 3.28. The summed E-state index contributed by atoms with van der Waals surface area (Å²) in [4.78, 5) is 4.44. The topological polar surface area (TPSA) is 104 Å². The van der Waals surface area contributed by atoms with Crippen LogP contribution in [0.1, 0.15) is 22.3 Å². The molecule has 1 aromatic heterocycles. The maximum absolute atomic E-state index is 14.2. The summed E-state index contributed by atoms with van der Waals surface area (Å²) in [5, 5.41) is 39.5. The summed E-state index contributed by atoms with van der Waals surface area (Å²) in [5.74, 6) is -0.484. The van der Waals surface area contributed by atoms with Crippen molar-refractivity contribution >= 4 is 16.7 Å². The standard InChI is InChI=1S/C26H11FN4O/c27-15-6-7-16-17(8-9-28)25(22(20(16)11-15)14(12-29)13-30)23-18-3-1-5-21(32)24(18)26-19(23)4-2-10-31-26/h1-8,10-11,32H/b17-8?,25-23+. The van der Waals surface area contributed by atoms with Gasteiger partial charge in [0.15, 0.2) is 0 Å². The molecule has 32 heavy (non-hydrogen) atoms. The lowest BCUT2D eigenvalue weighted by atomic mass is 9.89. The van der Waals surface area contributed by atoms with Gasteiger partial charge in [0.05, 0.1) is 17.3 Å². The summed E-state index contributed by atoms with van der Waals surface area (Å²) in [5.41, 5.74) is 4.95. The van der Waals surface area contributed by atoms with Crippen molar-refractivity contribution in [3.8, 4) is 35.2 Å². The summed E-state index contributed by atoms with van der Waals surface area (Å²) < 4.78 is 14.2. The highest BCUT2D eigenvalue weighted by molar-refractivity contribution is 6.20. The van der Waals surface area contributed by atoms with Crippen molar-refractivity contribution in [2.24, 2.45) is 0 Å². The molecule has 1 N–H and O–H groups in total. The minimum atomic E-state index is -0.523. The zero-order chi connectivity index (χ0) is 22.4. The van der Waals surface area contributed by atoms with Crippen molar-refractivity contribution in [2.45, 2.75) is 0 Å². The van der Waals surface area contributed by atoms with Crippen LogP contribution in [0.15, 0.2) is 72.0 Å². The molecule has 0 aliphatic heterocycles. The van der Waals surface area contributed by atoms with Crippen LogP contribution < -0.4 is 0 Å². The van der Waals surface area contributed by atoms with Crippen molar-refractivity contribution in [1.82, 2.24) is 4.98 Å². The summed E-state index contributed by atoms with van der Waals surface area (Å²) >= 11 is 0. The summed E-state index contributed by atoms with van der Waals surface area (Å²) in [7, 11) is 0. The van der Waals surface area contributed by atoms with Crippen LogP contribution in [-0.4, -0.2) is 10.1 Å². The van der Waals surface area contributed by atoms with Crippen LogP contribution in [-0.2, 0) is 0 Å². The van der Waals surface area contributed by atoms with E-state index in [2.05, 4.69) is 4.98 Å². The van der Waals surface area contributed by atoms with Gasteiger partial charge >= 0.3 is 0 Å². The fourth-order valence-electron chi connectivity index (χ4n) is 4.45. The number of nitriles is 3. The Morgan fingerprint density at radius 1 is 0.906 bits per heavy atom. The van der Waals surface area contributed by atoms with Gasteiger partial charge in [0.2, 0.25) is 0 Å². The summed E-state index contributed by atoms with van der Waals surface area (Å²) in [6.07, 6.45) is 2.94. The molecule has 0 saturated heterocycles. The Bertz CT molecular complexity index is 1560. The SMILES string of the molecule is N#CC=C1/C(=C2\c3cccnc3-c3c(O)cccc32)C(=C(C#N)C#N)c2cc(F)ccc21. The third-order valence-corrected chi connectivity index (χ3v) is 5.62. The molecule has 0 amide bonds. The largest absolute Gasteiger partial charge is 0.507 e. The van der Waals surface area contributed by atoms with Gasteiger partial charge in [-0.3, -0.25) is 4.98 Å². The van der Waals surface area contributed by atoms with Crippen LogP contribution in [0.2, 0.25) is 0 Å². The molecule has 0 saturated carbocycles. The molecule has 2 aliphatic carbocycles. The van der Waals surface area contributed by atoms with Crippen LogP contribution >= 0.6 is 0 Å². The number of rotatable bonds is 0. The van der Waals surface area contributed by atoms with Crippen molar-refractivity contribution < 1.29 is 9.50 Å². The van der Waals surface area contributed by atoms with Crippen molar-refractivity contribution in [3.05, 3.63) is 100 Å². The minimum absolute atomic E-state index is 0.0386. The predicted molar refractivity (Wildman–Crippen MR) is 115 cm³/mol. The lowest BCUT2D eigenvalue weighted by molar-refractivity contribution is 0.477. The van der Waals surface area contributed by atoms with Gasteiger partial charge in [0.1, 0.15) is 29.3 Å². The molecular formula is C26H11FN4O. The second-order valence-electron chi connectivity index (χ2n) is 7.20. The Morgan fingerprint density at radius 3 is 2.44 bits per heavy atom. The highest BCUT2D eigenvalue weighted by Crippen LogP contribution is 2.56. The second-order valence-corrected chi connectivity index (χ2v) is 7.20. The van der Waals surface area contributed by atoms with Crippen molar-refractivity contribution in [1.29, 1.82) is 15.8 Å². The molecule has 0 fully saturated rings. The van der Waals surface area contributed by atoms with Gasteiger partial charge in [0.25, 0.3) is 0 Å². The van der Waals surface area contributed by atoms with E-state index in [1.807, 2.05) is 30.3 Å². The Balaban J connectivity index is 2.04. The molecule has 0 radical (unpaired) electrons. The molecule has 2 aromatic carbocycles. The fourth-order valence-corrected chi connectivity index (χ4v) is 4.45. The zero-order valence-corrected chi connectivity index (χ0v) is 16.4. The highest BCUT2D eigenvalue weighted by atomic mass is 19.1. The third kappa shape index (κ3) is 2.50. The van der Waals surface area contributed by atoms with Crippen LogP contribution in [0.25, 0.3) is 28.0 Å². The Hall–Kier alpha value is -4.99. The van der Waals surface area contributed by atoms with Gasteiger partial charge in [-0.05, 0) is 41.0 Å². The lowest BCUT2D eigenvalue weighted by Crippen LogP contribution is -1.94. The van der Waals surface area contributed by atoms with Gasteiger partial charge in [-0.2, -0.15) is 15.8 Å². The molecule has 5 nitrogen and oxygen atoms in total. The quantitative estimate of drug-likeness (QED) is 0.402. The summed E-state index contributed by atoms with van der Waals surface area (Å²) in [6.45, 7) is 0. The van der Waals surface area contributed by atoms with Gasteiger partial charge in [-0.15, -0.1) is 0 Å². The smallest absolute Gasteiger partial charge is 0.138 e. The fraction of sp³-hybridized carbons (Fsp3) is 0. The first kappa shape index (κ1) is 19.0. The predicted octanol–water partition coefficient (Wildman–Crippen LogP) is 5.13. The molecule has 0 bridgehead atoms. The van der Waals surface area contributed by atoms with Gasteiger partial charge in [-0.25, -0.2) is 4.39 Å². The molecule has 6 heteroatoms. The van der Waals surface area contributed by atoms with Crippen LogP contribution in [0.3, 0.4) is 0 Å². The molecule has 5 rings (SSSR count). The zero-order valence-electron chi connectivity index (χ0n) is 16.4. The van der Waals surface area contributed by atoms with E-state index in [1.165, 1.54) is 24.3 Å².